The summed E-state index contributed by atoms with van der Waals surface area (Å²) in [4.78, 5) is 11.7. The first kappa shape index (κ1) is 14.8. The molecule has 3 nitrogen and oxygen atoms in total. The first-order valence-corrected chi connectivity index (χ1v) is 7.30. The van der Waals surface area contributed by atoms with Gasteiger partial charge in [0.25, 0.3) is 0 Å². The van der Waals surface area contributed by atoms with Crippen molar-refractivity contribution in [2.75, 3.05) is 6.54 Å². The van der Waals surface area contributed by atoms with E-state index in [1.165, 1.54) is 5.56 Å². The Bertz CT molecular complexity index is 470. The minimum absolute atomic E-state index is 0.0336. The summed E-state index contributed by atoms with van der Waals surface area (Å²) >= 11 is 0. The van der Waals surface area contributed by atoms with Crippen molar-refractivity contribution in [2.45, 2.75) is 44.6 Å². The van der Waals surface area contributed by atoms with E-state index >= 15 is 0 Å². The molecule has 0 bridgehead atoms. The summed E-state index contributed by atoms with van der Waals surface area (Å²) in [6.45, 7) is 2.43. The Balaban J connectivity index is 1.73. The van der Waals surface area contributed by atoms with Gasteiger partial charge in [0.15, 0.2) is 0 Å². The molecule has 0 aromatic heterocycles. The number of amides is 1. The molecule has 20 heavy (non-hydrogen) atoms. The fourth-order valence-electron chi connectivity index (χ4n) is 2.52. The van der Waals surface area contributed by atoms with Gasteiger partial charge in [0.05, 0.1) is 5.60 Å². The van der Waals surface area contributed by atoms with Crippen LogP contribution in [0.1, 0.15) is 43.2 Å². The van der Waals surface area contributed by atoms with Gasteiger partial charge in [0.1, 0.15) is 0 Å². The zero-order valence-corrected chi connectivity index (χ0v) is 12.1. The number of hydrogen-bond acceptors (Lipinski definition) is 2. The summed E-state index contributed by atoms with van der Waals surface area (Å²) < 4.78 is 0. The molecule has 0 aliphatic heterocycles. The number of benzene rings is 1. The van der Waals surface area contributed by atoms with Crippen LogP contribution in [-0.4, -0.2) is 23.2 Å². The van der Waals surface area contributed by atoms with Crippen molar-refractivity contribution in [3.63, 3.8) is 0 Å². The quantitative estimate of drug-likeness (QED) is 0.866. The summed E-state index contributed by atoms with van der Waals surface area (Å²) in [5, 5.41) is 13.0. The van der Waals surface area contributed by atoms with E-state index in [1.807, 2.05) is 24.3 Å². The molecule has 0 radical (unpaired) electrons. The summed E-state index contributed by atoms with van der Waals surface area (Å²) in [5.74, 6) is -0.0336. The largest absolute Gasteiger partial charge is 0.388 e. The molecular weight excluding hydrogens is 250 g/mol. The second-order valence-electron chi connectivity index (χ2n) is 5.73. The lowest BCUT2D eigenvalue weighted by Gasteiger charge is -2.22. The zero-order chi connectivity index (χ0) is 14.4. The predicted molar refractivity (Wildman–Crippen MR) is 81.3 cm³/mol. The minimum Gasteiger partial charge on any atom is -0.388 e. The standard InChI is InChI=1S/C17H23NO2/c1-14-7-9-15(10-8-14)5-4-6-16(19)18-13-17(20)11-2-3-12-17/h4-5,7-10,20H,2-3,6,11-13H2,1H3,(H,18,19)/b5-4+. The molecule has 0 heterocycles. The van der Waals surface area contributed by atoms with Crippen molar-refractivity contribution < 1.29 is 9.90 Å². The van der Waals surface area contributed by atoms with E-state index in [-0.39, 0.29) is 5.91 Å². The molecule has 108 valence electrons. The van der Waals surface area contributed by atoms with E-state index in [2.05, 4.69) is 24.4 Å². The molecule has 0 atom stereocenters. The van der Waals surface area contributed by atoms with E-state index in [0.29, 0.717) is 13.0 Å². The summed E-state index contributed by atoms with van der Waals surface area (Å²) in [7, 11) is 0. The van der Waals surface area contributed by atoms with Gasteiger partial charge in [-0.15, -0.1) is 0 Å². The van der Waals surface area contributed by atoms with Crippen molar-refractivity contribution in [1.82, 2.24) is 5.32 Å². The van der Waals surface area contributed by atoms with Gasteiger partial charge in [-0.3, -0.25) is 4.79 Å². The van der Waals surface area contributed by atoms with Gasteiger partial charge in [-0.25, -0.2) is 0 Å². The molecule has 1 aliphatic rings. The second kappa shape index (κ2) is 6.71. The Hall–Kier alpha value is -1.61. The van der Waals surface area contributed by atoms with E-state index in [9.17, 15) is 9.90 Å². The lowest BCUT2D eigenvalue weighted by atomic mass is 10.0. The first-order chi connectivity index (χ1) is 9.57. The van der Waals surface area contributed by atoms with Crippen LogP contribution in [-0.2, 0) is 4.79 Å². The monoisotopic (exact) mass is 273 g/mol. The molecule has 1 amide bonds. The normalized spacial score (nSPS) is 17.5. The third kappa shape index (κ3) is 4.49. The maximum atomic E-state index is 11.7. The van der Waals surface area contributed by atoms with E-state index in [4.69, 9.17) is 0 Å². The average Bonchev–Trinajstić information content (AvgIpc) is 2.86. The predicted octanol–water partition coefficient (Wildman–Crippen LogP) is 2.82. The average molecular weight is 273 g/mol. The molecule has 3 heteroatoms. The van der Waals surface area contributed by atoms with Gasteiger partial charge >= 0.3 is 0 Å². The Labute approximate surface area is 120 Å². The van der Waals surface area contributed by atoms with Gasteiger partial charge in [-0.2, -0.15) is 0 Å². The number of aliphatic hydroxyl groups is 1. The highest BCUT2D eigenvalue weighted by atomic mass is 16.3. The third-order valence-electron chi connectivity index (χ3n) is 3.84. The van der Waals surface area contributed by atoms with Crippen molar-refractivity contribution >= 4 is 12.0 Å². The highest BCUT2D eigenvalue weighted by Gasteiger charge is 2.30. The number of nitrogens with one attached hydrogen (secondary N) is 1. The summed E-state index contributed by atoms with van der Waals surface area (Å²) in [6, 6.07) is 8.17. The van der Waals surface area contributed by atoms with Crippen LogP contribution in [0.15, 0.2) is 30.3 Å². The van der Waals surface area contributed by atoms with Crippen LogP contribution in [0, 0.1) is 6.92 Å². The van der Waals surface area contributed by atoms with E-state index < -0.39 is 5.60 Å². The second-order valence-corrected chi connectivity index (χ2v) is 5.73. The van der Waals surface area contributed by atoms with Crippen molar-refractivity contribution in [1.29, 1.82) is 0 Å². The fourth-order valence-corrected chi connectivity index (χ4v) is 2.52. The van der Waals surface area contributed by atoms with E-state index in [1.54, 1.807) is 0 Å². The maximum Gasteiger partial charge on any atom is 0.223 e. The van der Waals surface area contributed by atoms with Gasteiger partial charge in [0, 0.05) is 13.0 Å². The van der Waals surface area contributed by atoms with Crippen LogP contribution in [0.5, 0.6) is 0 Å². The van der Waals surface area contributed by atoms with Crippen molar-refractivity contribution in [3.05, 3.63) is 41.5 Å². The van der Waals surface area contributed by atoms with Crippen LogP contribution >= 0.6 is 0 Å². The molecule has 1 aliphatic carbocycles. The van der Waals surface area contributed by atoms with Gasteiger partial charge < -0.3 is 10.4 Å². The van der Waals surface area contributed by atoms with Gasteiger partial charge in [-0.1, -0.05) is 54.8 Å². The SMILES string of the molecule is Cc1ccc(/C=C/CC(=O)NCC2(O)CCCC2)cc1. The molecule has 0 spiro atoms. The van der Waals surface area contributed by atoms with Crippen LogP contribution in [0.3, 0.4) is 0 Å². The molecule has 0 saturated heterocycles. The Morgan fingerprint density at radius 3 is 2.60 bits per heavy atom. The maximum absolute atomic E-state index is 11.7. The van der Waals surface area contributed by atoms with Gasteiger partial charge in [-0.05, 0) is 25.3 Å². The number of aryl methyl sites for hydroxylation is 1. The molecule has 1 saturated carbocycles. The molecule has 1 fully saturated rings. The number of hydrogen-bond donors (Lipinski definition) is 2. The topological polar surface area (TPSA) is 49.3 Å². The van der Waals surface area contributed by atoms with E-state index in [0.717, 1.165) is 31.2 Å². The van der Waals surface area contributed by atoms with Crippen LogP contribution in [0.25, 0.3) is 6.08 Å². The van der Waals surface area contributed by atoms with Crippen molar-refractivity contribution in [3.8, 4) is 0 Å². The number of carbonyl (C=O) groups excluding carboxylic acids is 1. The highest BCUT2D eigenvalue weighted by molar-refractivity contribution is 5.78. The lowest BCUT2D eigenvalue weighted by molar-refractivity contribution is -0.121. The van der Waals surface area contributed by atoms with Crippen LogP contribution < -0.4 is 5.32 Å². The molecule has 2 rings (SSSR count). The van der Waals surface area contributed by atoms with Crippen LogP contribution in [0.2, 0.25) is 0 Å². The molecular formula is C17H23NO2. The molecule has 0 unspecified atom stereocenters. The smallest absolute Gasteiger partial charge is 0.223 e. The summed E-state index contributed by atoms with van der Waals surface area (Å²) in [6.07, 6.45) is 7.87. The Kier molecular flexibility index (Phi) is 4.96. The fraction of sp³-hybridized carbons (Fsp3) is 0.471. The number of carbonyl (C=O) groups is 1. The summed E-state index contributed by atoms with van der Waals surface area (Å²) in [5.41, 5.74) is 1.65. The lowest BCUT2D eigenvalue weighted by Crippen LogP contribution is -2.40. The minimum atomic E-state index is -0.670. The number of rotatable bonds is 5. The molecule has 1 aromatic rings. The van der Waals surface area contributed by atoms with Crippen LogP contribution in [0.4, 0.5) is 0 Å². The first-order valence-electron chi connectivity index (χ1n) is 7.30. The highest BCUT2D eigenvalue weighted by Crippen LogP contribution is 2.28. The van der Waals surface area contributed by atoms with Gasteiger partial charge in [0.2, 0.25) is 5.91 Å². The zero-order valence-electron chi connectivity index (χ0n) is 12.1. The molecule has 1 aromatic carbocycles. The molecule has 2 N–H and O–H groups in total. The Morgan fingerprint density at radius 2 is 1.95 bits per heavy atom. The van der Waals surface area contributed by atoms with Crippen molar-refractivity contribution in [2.24, 2.45) is 0 Å². The third-order valence-corrected chi connectivity index (χ3v) is 3.84. The Morgan fingerprint density at radius 1 is 1.30 bits per heavy atom.